The summed E-state index contributed by atoms with van der Waals surface area (Å²) in [7, 11) is 0. The molecule has 0 bridgehead atoms. The second-order valence-electron chi connectivity index (χ2n) is 5.69. The van der Waals surface area contributed by atoms with Crippen LogP contribution >= 0.6 is 27.3 Å². The first-order valence-electron chi connectivity index (χ1n) is 7.27. The maximum absolute atomic E-state index is 3.63. The first-order valence-corrected chi connectivity index (χ1v) is 8.88. The summed E-state index contributed by atoms with van der Waals surface area (Å²) in [5, 5.41) is 3.63. The van der Waals surface area contributed by atoms with Gasteiger partial charge in [0, 0.05) is 19.9 Å². The average molecular weight is 350 g/mol. The van der Waals surface area contributed by atoms with Crippen molar-refractivity contribution >= 4 is 33.0 Å². The van der Waals surface area contributed by atoms with Gasteiger partial charge in [0.05, 0.1) is 6.04 Å². The summed E-state index contributed by atoms with van der Waals surface area (Å²) in [6.45, 7) is 4.39. The van der Waals surface area contributed by atoms with E-state index in [0.29, 0.717) is 6.04 Å². The number of fused-ring (bicyclic) bond motifs is 1. The molecule has 0 saturated heterocycles. The molecule has 1 nitrogen and oxygen atoms in total. The number of hydrogen-bond acceptors (Lipinski definition) is 2. The Morgan fingerprint density at radius 2 is 1.95 bits per heavy atom. The van der Waals surface area contributed by atoms with Gasteiger partial charge in [-0.1, -0.05) is 15.9 Å². The molecule has 3 heteroatoms. The summed E-state index contributed by atoms with van der Waals surface area (Å²) in [5.41, 5.74) is 4.06. The number of aryl methyl sites for hydroxylation is 3. The summed E-state index contributed by atoms with van der Waals surface area (Å²) in [4.78, 5) is 3.08. The summed E-state index contributed by atoms with van der Waals surface area (Å²) in [6.07, 6.45) is 5.27. The molecule has 0 aliphatic heterocycles. The van der Waals surface area contributed by atoms with Crippen LogP contribution in [0.25, 0.3) is 0 Å². The second-order valence-corrected chi connectivity index (χ2v) is 7.77. The molecule has 1 aromatic heterocycles. The highest BCUT2D eigenvalue weighted by atomic mass is 79.9. The van der Waals surface area contributed by atoms with Crippen LogP contribution in [0.4, 0.5) is 5.69 Å². The van der Waals surface area contributed by atoms with Gasteiger partial charge in [-0.05, 0) is 74.9 Å². The molecule has 1 heterocycles. The highest BCUT2D eigenvalue weighted by Gasteiger charge is 2.16. The Bertz CT molecular complexity index is 574. The quantitative estimate of drug-likeness (QED) is 0.730. The molecule has 0 amide bonds. The van der Waals surface area contributed by atoms with E-state index >= 15 is 0 Å². The topological polar surface area (TPSA) is 12.0 Å². The Labute approximate surface area is 133 Å². The number of nitrogens with one attached hydrogen (secondary N) is 1. The van der Waals surface area contributed by atoms with Crippen LogP contribution < -0.4 is 5.32 Å². The lowest BCUT2D eigenvalue weighted by atomic mass is 9.99. The van der Waals surface area contributed by atoms with Gasteiger partial charge in [-0.2, -0.15) is 0 Å². The third-order valence-corrected chi connectivity index (χ3v) is 5.75. The van der Waals surface area contributed by atoms with E-state index in [4.69, 9.17) is 0 Å². The van der Waals surface area contributed by atoms with E-state index in [0.717, 1.165) is 4.47 Å². The fourth-order valence-electron chi connectivity index (χ4n) is 2.87. The van der Waals surface area contributed by atoms with Gasteiger partial charge in [0.2, 0.25) is 0 Å². The maximum Gasteiger partial charge on any atom is 0.0578 e. The normalized spacial score (nSPS) is 15.8. The summed E-state index contributed by atoms with van der Waals surface area (Å²) in [5.74, 6) is 0. The van der Waals surface area contributed by atoms with E-state index in [9.17, 15) is 0 Å². The molecule has 3 rings (SSSR count). The number of benzene rings is 1. The predicted octanol–water partition coefficient (Wildman–Crippen LogP) is 5.87. The lowest BCUT2D eigenvalue weighted by Gasteiger charge is -2.14. The minimum atomic E-state index is 0.374. The van der Waals surface area contributed by atoms with Crippen LogP contribution in [0, 0.1) is 6.92 Å². The summed E-state index contributed by atoms with van der Waals surface area (Å²) in [6, 6.07) is 9.28. The fraction of sp³-hybridized carbons (Fsp3) is 0.412. The summed E-state index contributed by atoms with van der Waals surface area (Å²) < 4.78 is 1.14. The monoisotopic (exact) mass is 349 g/mol. The van der Waals surface area contributed by atoms with Crippen molar-refractivity contribution in [3.8, 4) is 0 Å². The minimum Gasteiger partial charge on any atom is -0.378 e. The molecule has 0 fully saturated rings. The van der Waals surface area contributed by atoms with E-state index in [1.54, 1.807) is 10.4 Å². The van der Waals surface area contributed by atoms with Gasteiger partial charge >= 0.3 is 0 Å². The SMILES string of the molecule is Cc1cc(Br)cc(NC(C)c2cc3c(s2)CCCC3)c1. The maximum atomic E-state index is 3.63. The molecule has 0 spiro atoms. The lowest BCUT2D eigenvalue weighted by molar-refractivity contribution is 0.696. The molecule has 106 valence electrons. The van der Waals surface area contributed by atoms with Crippen molar-refractivity contribution in [2.75, 3.05) is 5.32 Å². The first kappa shape index (κ1) is 14.2. The van der Waals surface area contributed by atoms with Gasteiger partial charge < -0.3 is 5.32 Å². The Kier molecular flexibility index (Phi) is 4.18. The molecule has 0 saturated carbocycles. The van der Waals surface area contributed by atoms with Gasteiger partial charge in [-0.15, -0.1) is 11.3 Å². The first-order chi connectivity index (χ1) is 9.61. The van der Waals surface area contributed by atoms with Crippen molar-refractivity contribution < 1.29 is 0 Å². The van der Waals surface area contributed by atoms with Crippen LogP contribution in [-0.2, 0) is 12.8 Å². The van der Waals surface area contributed by atoms with Crippen molar-refractivity contribution in [2.24, 2.45) is 0 Å². The molecular weight excluding hydrogens is 330 g/mol. The van der Waals surface area contributed by atoms with E-state index in [1.165, 1.54) is 41.8 Å². The number of halogens is 1. The number of rotatable bonds is 3. The fourth-order valence-corrected chi connectivity index (χ4v) is 4.74. The summed E-state index contributed by atoms with van der Waals surface area (Å²) >= 11 is 5.56. The number of thiophene rings is 1. The molecule has 0 radical (unpaired) electrons. The molecule has 2 aromatic rings. The third-order valence-electron chi connectivity index (χ3n) is 3.87. The van der Waals surface area contributed by atoms with Gasteiger partial charge in [0.25, 0.3) is 0 Å². The molecule has 1 aromatic carbocycles. The van der Waals surface area contributed by atoms with Gasteiger partial charge in [0.15, 0.2) is 0 Å². The molecule has 1 unspecified atom stereocenters. The van der Waals surface area contributed by atoms with Crippen LogP contribution in [0.3, 0.4) is 0 Å². The highest BCUT2D eigenvalue weighted by Crippen LogP contribution is 2.34. The van der Waals surface area contributed by atoms with Crippen molar-refractivity contribution in [2.45, 2.75) is 45.6 Å². The Hall–Kier alpha value is -0.800. The third kappa shape index (κ3) is 3.09. The average Bonchev–Trinajstić information content (AvgIpc) is 2.81. The van der Waals surface area contributed by atoms with Crippen molar-refractivity contribution in [1.82, 2.24) is 0 Å². The van der Waals surface area contributed by atoms with E-state index < -0.39 is 0 Å². The standard InChI is InChI=1S/C17H20BrNS/c1-11-7-14(18)10-15(8-11)19-12(2)17-9-13-5-3-4-6-16(13)20-17/h7-10,12,19H,3-6H2,1-2H3. The minimum absolute atomic E-state index is 0.374. The zero-order valence-electron chi connectivity index (χ0n) is 12.0. The zero-order valence-corrected chi connectivity index (χ0v) is 14.4. The lowest BCUT2D eigenvalue weighted by Crippen LogP contribution is -2.05. The Morgan fingerprint density at radius 1 is 1.15 bits per heavy atom. The highest BCUT2D eigenvalue weighted by molar-refractivity contribution is 9.10. The largest absolute Gasteiger partial charge is 0.378 e. The molecule has 20 heavy (non-hydrogen) atoms. The molecule has 1 atom stereocenters. The van der Waals surface area contributed by atoms with Gasteiger partial charge in [-0.25, -0.2) is 0 Å². The van der Waals surface area contributed by atoms with Crippen molar-refractivity contribution in [3.63, 3.8) is 0 Å². The molecular formula is C17H20BrNS. The Morgan fingerprint density at radius 3 is 2.70 bits per heavy atom. The van der Waals surface area contributed by atoms with E-state index in [-0.39, 0.29) is 0 Å². The molecule has 1 N–H and O–H groups in total. The number of anilines is 1. The second kappa shape index (κ2) is 5.90. The Balaban J connectivity index is 1.78. The van der Waals surface area contributed by atoms with Crippen molar-refractivity contribution in [3.05, 3.63) is 49.6 Å². The van der Waals surface area contributed by atoms with Gasteiger partial charge in [-0.3, -0.25) is 0 Å². The van der Waals surface area contributed by atoms with Crippen LogP contribution in [0.2, 0.25) is 0 Å². The molecule has 1 aliphatic carbocycles. The van der Waals surface area contributed by atoms with Gasteiger partial charge in [0.1, 0.15) is 0 Å². The van der Waals surface area contributed by atoms with Crippen LogP contribution in [0.15, 0.2) is 28.7 Å². The van der Waals surface area contributed by atoms with E-state index in [2.05, 4.69) is 59.4 Å². The smallest absolute Gasteiger partial charge is 0.0578 e. The number of hydrogen-bond donors (Lipinski definition) is 1. The van der Waals surface area contributed by atoms with Crippen LogP contribution in [0.1, 0.15) is 46.7 Å². The van der Waals surface area contributed by atoms with Crippen LogP contribution in [-0.4, -0.2) is 0 Å². The van der Waals surface area contributed by atoms with Crippen molar-refractivity contribution in [1.29, 1.82) is 0 Å². The van der Waals surface area contributed by atoms with E-state index in [1.807, 2.05) is 11.3 Å². The molecule has 1 aliphatic rings. The van der Waals surface area contributed by atoms with Crippen LogP contribution in [0.5, 0.6) is 0 Å². The zero-order chi connectivity index (χ0) is 14.1. The predicted molar refractivity (Wildman–Crippen MR) is 91.9 cm³/mol.